The number of carbonyl (C=O) groups is 1. The molecule has 0 aliphatic heterocycles. The third-order valence-corrected chi connectivity index (χ3v) is 4.85. The third-order valence-electron chi connectivity index (χ3n) is 3.87. The molecule has 1 unspecified atom stereocenters. The fourth-order valence-electron chi connectivity index (χ4n) is 2.61. The standard InChI is InChI=1S/C20H24O2P.Li/c1-6-16(5)22-17-7-9-18(10-8-17)23-20(21)19-14(3)11-13(2)12-15(19)4;/h7-12,16H,6H2,1-5H3;/q-1;+1. The molecule has 0 saturated carbocycles. The second-order valence-electron chi connectivity index (χ2n) is 6.02. The van der Waals surface area contributed by atoms with Gasteiger partial charge in [0.1, 0.15) is 5.75 Å². The van der Waals surface area contributed by atoms with Gasteiger partial charge in [-0.25, -0.2) is 0 Å². The zero-order valence-electron chi connectivity index (χ0n) is 15.5. The minimum absolute atomic E-state index is 0. The Bertz CT molecular complexity index is 672. The van der Waals surface area contributed by atoms with Crippen molar-refractivity contribution in [1.29, 1.82) is 0 Å². The average molecular weight is 334 g/mol. The van der Waals surface area contributed by atoms with Gasteiger partial charge in [0.15, 0.2) is 0 Å². The molecule has 0 heterocycles. The van der Waals surface area contributed by atoms with Gasteiger partial charge in [0.05, 0.1) is 6.10 Å². The molecule has 4 heteroatoms. The van der Waals surface area contributed by atoms with E-state index in [4.69, 9.17) is 4.74 Å². The smallest absolute Gasteiger partial charge is 0.491 e. The van der Waals surface area contributed by atoms with E-state index in [9.17, 15) is 4.79 Å². The van der Waals surface area contributed by atoms with Gasteiger partial charge in [0.25, 0.3) is 0 Å². The van der Waals surface area contributed by atoms with Crippen molar-refractivity contribution in [2.24, 2.45) is 0 Å². The largest absolute Gasteiger partial charge is 1.00 e. The van der Waals surface area contributed by atoms with Gasteiger partial charge in [-0.1, -0.05) is 36.8 Å². The molecule has 0 radical (unpaired) electrons. The van der Waals surface area contributed by atoms with Crippen LogP contribution in [0.2, 0.25) is 0 Å². The van der Waals surface area contributed by atoms with Crippen LogP contribution in [0.3, 0.4) is 0 Å². The van der Waals surface area contributed by atoms with Gasteiger partial charge in [0, 0.05) is 5.52 Å². The Balaban J connectivity index is 0.00000288. The first-order chi connectivity index (χ1) is 10.9. The molecule has 2 aromatic carbocycles. The topological polar surface area (TPSA) is 26.3 Å². The van der Waals surface area contributed by atoms with E-state index < -0.39 is 0 Å². The summed E-state index contributed by atoms with van der Waals surface area (Å²) in [6.45, 7) is 10.2. The molecular weight excluding hydrogens is 310 g/mol. The molecule has 2 rings (SSSR count). The van der Waals surface area contributed by atoms with Crippen LogP contribution in [0.15, 0.2) is 36.4 Å². The Morgan fingerprint density at radius 3 is 2.12 bits per heavy atom. The van der Waals surface area contributed by atoms with Gasteiger partial charge < -0.3 is 18.1 Å². The van der Waals surface area contributed by atoms with E-state index in [0.29, 0.717) is 8.58 Å². The summed E-state index contributed by atoms with van der Waals surface area (Å²) in [5.41, 5.74) is 4.29. The molecule has 0 N–H and O–H groups in total. The summed E-state index contributed by atoms with van der Waals surface area (Å²) in [6, 6.07) is 12.0. The summed E-state index contributed by atoms with van der Waals surface area (Å²) in [5, 5.41) is 0.992. The normalized spacial score (nSPS) is 12.0. The summed E-state index contributed by atoms with van der Waals surface area (Å²) >= 11 is 0. The number of carbonyl (C=O) groups excluding carboxylic acids is 1. The van der Waals surface area contributed by atoms with Gasteiger partial charge >= 0.3 is 18.9 Å². The van der Waals surface area contributed by atoms with Gasteiger partial charge in [-0.3, -0.25) is 0 Å². The summed E-state index contributed by atoms with van der Waals surface area (Å²) in [7, 11) is 0.707. The van der Waals surface area contributed by atoms with Crippen LogP contribution in [0.1, 0.15) is 47.3 Å². The van der Waals surface area contributed by atoms with Crippen LogP contribution in [0, 0.1) is 20.8 Å². The van der Waals surface area contributed by atoms with Crippen molar-refractivity contribution in [2.75, 3.05) is 0 Å². The fraction of sp³-hybridized carbons (Fsp3) is 0.350. The van der Waals surface area contributed by atoms with Gasteiger partial charge in [-0.15, -0.1) is 0 Å². The SMILES string of the molecule is CCC(C)Oc1ccc([P-]C(=O)c2c(C)cc(C)cc2C)cc1.[Li+]. The average Bonchev–Trinajstić information content (AvgIpc) is 2.48. The van der Waals surface area contributed by atoms with Crippen molar-refractivity contribution >= 4 is 19.4 Å². The van der Waals surface area contributed by atoms with Crippen LogP contribution < -0.4 is 28.9 Å². The van der Waals surface area contributed by atoms with Crippen LogP contribution in [-0.4, -0.2) is 11.6 Å². The Hall–Kier alpha value is -1.06. The first-order valence-electron chi connectivity index (χ1n) is 8.01. The molecular formula is C20H24LiO2P. The number of hydrogen-bond donors (Lipinski definition) is 0. The van der Waals surface area contributed by atoms with E-state index in [1.807, 2.05) is 38.1 Å². The van der Waals surface area contributed by atoms with E-state index in [1.165, 1.54) is 5.56 Å². The minimum Gasteiger partial charge on any atom is -0.491 e. The van der Waals surface area contributed by atoms with Crippen molar-refractivity contribution in [3.05, 3.63) is 58.7 Å². The molecule has 1 atom stereocenters. The summed E-state index contributed by atoms with van der Waals surface area (Å²) in [4.78, 5) is 12.6. The molecule has 0 amide bonds. The molecule has 2 nitrogen and oxygen atoms in total. The third kappa shape index (κ3) is 5.49. The second-order valence-corrected chi connectivity index (χ2v) is 7.17. The van der Waals surface area contributed by atoms with E-state index in [2.05, 4.69) is 32.9 Å². The van der Waals surface area contributed by atoms with Crippen molar-refractivity contribution in [2.45, 2.75) is 47.1 Å². The zero-order valence-corrected chi connectivity index (χ0v) is 16.4. The summed E-state index contributed by atoms with van der Waals surface area (Å²) in [5.74, 6) is 0.855. The first kappa shape index (κ1) is 21.0. The molecule has 0 bridgehead atoms. The van der Waals surface area contributed by atoms with E-state index in [-0.39, 0.29) is 30.5 Å². The van der Waals surface area contributed by atoms with Crippen LogP contribution in [0.5, 0.6) is 5.75 Å². The maximum absolute atomic E-state index is 12.6. The Morgan fingerprint density at radius 1 is 1.08 bits per heavy atom. The predicted octanol–water partition coefficient (Wildman–Crippen LogP) is 2.21. The number of hydrogen-bond acceptors (Lipinski definition) is 2. The Labute approximate surface area is 159 Å². The number of rotatable bonds is 6. The number of aryl methyl sites for hydroxylation is 3. The fourth-order valence-corrected chi connectivity index (χ4v) is 3.60. The summed E-state index contributed by atoms with van der Waals surface area (Å²) in [6.07, 6.45) is 1.18. The number of benzene rings is 2. The Morgan fingerprint density at radius 2 is 1.62 bits per heavy atom. The molecule has 122 valence electrons. The summed E-state index contributed by atoms with van der Waals surface area (Å²) < 4.78 is 5.77. The molecule has 0 aliphatic carbocycles. The van der Waals surface area contributed by atoms with Gasteiger partial charge in [-0.05, 0) is 62.9 Å². The van der Waals surface area contributed by atoms with Crippen LogP contribution in [-0.2, 0) is 0 Å². The molecule has 0 fully saturated rings. The molecule has 0 aromatic heterocycles. The molecule has 0 aliphatic rings. The van der Waals surface area contributed by atoms with Gasteiger partial charge in [0.2, 0.25) is 0 Å². The van der Waals surface area contributed by atoms with Crippen molar-refractivity contribution in [1.82, 2.24) is 0 Å². The predicted molar refractivity (Wildman–Crippen MR) is 98.4 cm³/mol. The maximum Gasteiger partial charge on any atom is 1.00 e. The van der Waals surface area contributed by atoms with E-state index >= 15 is 0 Å². The first-order valence-corrected chi connectivity index (χ1v) is 8.90. The van der Waals surface area contributed by atoms with Crippen molar-refractivity contribution < 1.29 is 28.4 Å². The zero-order chi connectivity index (χ0) is 17.0. The molecule has 0 saturated heterocycles. The molecule has 24 heavy (non-hydrogen) atoms. The van der Waals surface area contributed by atoms with E-state index in [0.717, 1.165) is 34.2 Å². The Kier molecular flexibility index (Phi) is 8.24. The number of ether oxygens (including phenoxy) is 1. The minimum atomic E-state index is 0. The van der Waals surface area contributed by atoms with Gasteiger partial charge in [-0.2, -0.15) is 5.30 Å². The molecule has 2 aromatic rings. The van der Waals surface area contributed by atoms with Crippen LogP contribution in [0.25, 0.3) is 0 Å². The van der Waals surface area contributed by atoms with Crippen molar-refractivity contribution in [3.63, 3.8) is 0 Å². The van der Waals surface area contributed by atoms with E-state index in [1.54, 1.807) is 0 Å². The van der Waals surface area contributed by atoms with Crippen molar-refractivity contribution in [3.8, 4) is 5.75 Å². The van der Waals surface area contributed by atoms with Crippen LogP contribution >= 0.6 is 8.58 Å². The van der Waals surface area contributed by atoms with Crippen LogP contribution in [0.4, 0.5) is 0 Å². The quantitative estimate of drug-likeness (QED) is 0.598. The molecule has 0 spiro atoms. The maximum atomic E-state index is 12.6. The monoisotopic (exact) mass is 334 g/mol. The second kappa shape index (κ2) is 9.43.